The monoisotopic (exact) mass is 405 g/mol. The van der Waals surface area contributed by atoms with Gasteiger partial charge in [0.25, 0.3) is 5.69 Å². The van der Waals surface area contributed by atoms with Gasteiger partial charge in [-0.15, -0.1) is 0 Å². The molecular formula is C20H24NO6P. The number of nitro groups is 1. The van der Waals surface area contributed by atoms with Crippen LogP contribution in [0.1, 0.15) is 33.1 Å². The van der Waals surface area contributed by atoms with Crippen LogP contribution in [0.2, 0.25) is 0 Å². The molecule has 0 heterocycles. The van der Waals surface area contributed by atoms with E-state index in [-0.39, 0.29) is 29.8 Å². The summed E-state index contributed by atoms with van der Waals surface area (Å²) in [6.45, 7) is 7.25. The second-order valence-electron chi connectivity index (χ2n) is 6.43. The van der Waals surface area contributed by atoms with E-state index >= 15 is 0 Å². The van der Waals surface area contributed by atoms with E-state index in [4.69, 9.17) is 9.05 Å². The van der Waals surface area contributed by atoms with Crippen molar-refractivity contribution in [3.8, 4) is 5.75 Å². The summed E-state index contributed by atoms with van der Waals surface area (Å²) in [6.07, 6.45) is 5.97. The lowest BCUT2D eigenvalue weighted by Gasteiger charge is -2.23. The van der Waals surface area contributed by atoms with E-state index in [1.807, 2.05) is 13.0 Å². The van der Waals surface area contributed by atoms with Crippen LogP contribution in [0.3, 0.4) is 0 Å². The number of nitrogens with zero attached hydrogens (tertiary/aromatic N) is 1. The molecule has 0 aliphatic heterocycles. The van der Waals surface area contributed by atoms with Crippen LogP contribution < -0.4 is 4.52 Å². The highest BCUT2D eigenvalue weighted by Gasteiger charge is 2.36. The van der Waals surface area contributed by atoms with Crippen LogP contribution in [-0.2, 0) is 13.9 Å². The molecule has 1 aliphatic carbocycles. The van der Waals surface area contributed by atoms with Crippen LogP contribution in [-0.4, -0.2) is 23.0 Å². The van der Waals surface area contributed by atoms with E-state index in [9.17, 15) is 19.5 Å². The molecule has 0 saturated carbocycles. The standard InChI is InChI=1S/C20H24NO6P/c1-4-6-7-8-18-15(3)20(14-19(18)22)27-28(25,13-5-2)26-17-11-9-16(10-12-17)21(23)24/h4,6-7,9-12,20H,1,5,8,13-14H2,2-3H3/b7-6-/t20-,28?/m0/s1. The van der Waals surface area contributed by atoms with E-state index in [2.05, 4.69) is 6.58 Å². The van der Waals surface area contributed by atoms with Crippen molar-refractivity contribution in [2.75, 3.05) is 6.16 Å². The van der Waals surface area contributed by atoms with Crippen LogP contribution >= 0.6 is 7.60 Å². The Hall–Kier alpha value is -2.50. The van der Waals surface area contributed by atoms with E-state index in [1.165, 1.54) is 24.3 Å². The molecular weight excluding hydrogens is 381 g/mol. The molecule has 0 fully saturated rings. The fourth-order valence-electron chi connectivity index (χ4n) is 2.91. The highest BCUT2D eigenvalue weighted by molar-refractivity contribution is 7.54. The van der Waals surface area contributed by atoms with Gasteiger partial charge in [-0.05, 0) is 37.5 Å². The van der Waals surface area contributed by atoms with E-state index in [1.54, 1.807) is 19.1 Å². The Kier molecular flexibility index (Phi) is 7.49. The molecule has 7 nitrogen and oxygen atoms in total. The molecule has 2 atom stereocenters. The first kappa shape index (κ1) is 21.8. The predicted molar refractivity (Wildman–Crippen MR) is 108 cm³/mol. The van der Waals surface area contributed by atoms with Crippen molar-refractivity contribution >= 4 is 19.1 Å². The molecule has 1 aliphatic rings. The number of carbonyl (C=O) groups is 1. The van der Waals surface area contributed by atoms with Gasteiger partial charge >= 0.3 is 7.60 Å². The molecule has 1 unspecified atom stereocenters. The smallest absolute Gasteiger partial charge is 0.379 e. The second-order valence-corrected chi connectivity index (χ2v) is 8.49. The third-order valence-corrected chi connectivity index (χ3v) is 6.40. The Morgan fingerprint density at radius 1 is 1.36 bits per heavy atom. The minimum absolute atomic E-state index is 0.0328. The molecule has 0 bridgehead atoms. The van der Waals surface area contributed by atoms with Gasteiger partial charge in [0, 0.05) is 24.1 Å². The molecule has 150 valence electrons. The molecule has 0 spiro atoms. The lowest BCUT2D eigenvalue weighted by Crippen LogP contribution is -2.14. The molecule has 8 heteroatoms. The summed E-state index contributed by atoms with van der Waals surface area (Å²) >= 11 is 0. The van der Waals surface area contributed by atoms with Crippen LogP contribution in [0.25, 0.3) is 0 Å². The number of benzene rings is 1. The van der Waals surface area contributed by atoms with Gasteiger partial charge in [-0.2, -0.15) is 0 Å². The zero-order valence-electron chi connectivity index (χ0n) is 16.0. The predicted octanol–water partition coefficient (Wildman–Crippen LogP) is 5.38. The van der Waals surface area contributed by atoms with E-state index in [0.717, 1.165) is 5.57 Å². The molecule has 28 heavy (non-hydrogen) atoms. The van der Waals surface area contributed by atoms with Gasteiger partial charge in [0.05, 0.1) is 17.2 Å². The highest BCUT2D eigenvalue weighted by atomic mass is 31.2. The van der Waals surface area contributed by atoms with E-state index < -0.39 is 18.6 Å². The zero-order valence-corrected chi connectivity index (χ0v) is 16.9. The number of allylic oxidation sites excluding steroid dienone is 4. The van der Waals surface area contributed by atoms with Gasteiger partial charge in [-0.3, -0.25) is 19.4 Å². The second kappa shape index (κ2) is 9.62. The Balaban J connectivity index is 2.17. The third-order valence-electron chi connectivity index (χ3n) is 4.34. The lowest BCUT2D eigenvalue weighted by atomic mass is 10.1. The fourth-order valence-corrected chi connectivity index (χ4v) is 4.76. The Bertz CT molecular complexity index is 856. The maximum atomic E-state index is 13.2. The number of hydrogen-bond acceptors (Lipinski definition) is 6. The van der Waals surface area contributed by atoms with Gasteiger partial charge < -0.3 is 4.52 Å². The summed E-state index contributed by atoms with van der Waals surface area (Å²) in [5.41, 5.74) is 1.32. The molecule has 0 N–H and O–H groups in total. The minimum Gasteiger partial charge on any atom is -0.424 e. The Labute approximate surface area is 164 Å². The molecule has 0 saturated heterocycles. The van der Waals surface area contributed by atoms with Gasteiger partial charge in [-0.25, -0.2) is 4.57 Å². The van der Waals surface area contributed by atoms with Crippen molar-refractivity contribution in [3.63, 3.8) is 0 Å². The van der Waals surface area contributed by atoms with Crippen molar-refractivity contribution in [1.82, 2.24) is 0 Å². The first-order valence-electron chi connectivity index (χ1n) is 9.01. The summed E-state index contributed by atoms with van der Waals surface area (Å²) in [6, 6.07) is 5.33. The molecule has 2 rings (SSSR count). The quantitative estimate of drug-likeness (QED) is 0.224. The average Bonchev–Trinajstić information content (AvgIpc) is 2.89. The molecule has 1 aromatic carbocycles. The molecule has 0 aromatic heterocycles. The van der Waals surface area contributed by atoms with Gasteiger partial charge in [0.2, 0.25) is 0 Å². The van der Waals surface area contributed by atoms with Crippen molar-refractivity contribution in [3.05, 3.63) is 70.3 Å². The number of carbonyl (C=O) groups excluding carboxylic acids is 1. The molecule has 0 radical (unpaired) electrons. The SMILES string of the molecule is C=C/C=C\CC1=C(C)[C@@H](OP(=O)(CCC)Oc2ccc([N+](=O)[O-])cc2)CC1=O. The summed E-state index contributed by atoms with van der Waals surface area (Å²) in [5, 5.41) is 10.8. The van der Waals surface area contributed by atoms with Crippen molar-refractivity contribution in [2.24, 2.45) is 0 Å². The fraction of sp³-hybridized carbons (Fsp3) is 0.350. The van der Waals surface area contributed by atoms with Crippen LogP contribution in [0.15, 0.2) is 60.2 Å². The summed E-state index contributed by atoms with van der Waals surface area (Å²) < 4.78 is 24.7. The summed E-state index contributed by atoms with van der Waals surface area (Å²) in [4.78, 5) is 22.5. The Morgan fingerprint density at radius 3 is 2.61 bits per heavy atom. The average molecular weight is 405 g/mol. The van der Waals surface area contributed by atoms with Crippen molar-refractivity contribution < 1.29 is 23.3 Å². The maximum Gasteiger partial charge on any atom is 0.379 e. The number of ketones is 1. The number of non-ortho nitro benzene ring substituents is 1. The van der Waals surface area contributed by atoms with Gasteiger partial charge in [-0.1, -0.05) is 31.7 Å². The Morgan fingerprint density at radius 2 is 2.04 bits per heavy atom. The highest BCUT2D eigenvalue weighted by Crippen LogP contribution is 2.52. The van der Waals surface area contributed by atoms with Crippen molar-refractivity contribution in [2.45, 2.75) is 39.2 Å². The zero-order chi connectivity index (χ0) is 20.7. The van der Waals surface area contributed by atoms with Crippen LogP contribution in [0, 0.1) is 10.1 Å². The molecule has 1 aromatic rings. The largest absolute Gasteiger partial charge is 0.424 e. The van der Waals surface area contributed by atoms with Gasteiger partial charge in [0.15, 0.2) is 5.78 Å². The van der Waals surface area contributed by atoms with Crippen LogP contribution in [0.5, 0.6) is 5.75 Å². The van der Waals surface area contributed by atoms with Crippen LogP contribution in [0.4, 0.5) is 5.69 Å². The first-order chi connectivity index (χ1) is 13.3. The molecule has 0 amide bonds. The number of nitro benzene ring substituents is 1. The minimum atomic E-state index is -3.54. The van der Waals surface area contributed by atoms with Gasteiger partial charge in [0.1, 0.15) is 5.75 Å². The third kappa shape index (κ3) is 5.50. The van der Waals surface area contributed by atoms with E-state index in [0.29, 0.717) is 18.4 Å². The lowest BCUT2D eigenvalue weighted by molar-refractivity contribution is -0.384. The topological polar surface area (TPSA) is 95.7 Å². The number of hydrogen-bond donors (Lipinski definition) is 0. The van der Waals surface area contributed by atoms with Crippen molar-refractivity contribution in [1.29, 1.82) is 0 Å². The summed E-state index contributed by atoms with van der Waals surface area (Å²) in [7, 11) is -3.54. The normalized spacial score (nSPS) is 19.1. The summed E-state index contributed by atoms with van der Waals surface area (Å²) in [5.74, 6) is 0.192. The number of Topliss-reactive ketones (excluding diaryl/α,β-unsaturated/α-hetero) is 1. The number of rotatable bonds is 10. The first-order valence-corrected chi connectivity index (χ1v) is 10.7. The maximum absolute atomic E-state index is 13.2.